The molecule has 0 fully saturated rings. The summed E-state index contributed by atoms with van der Waals surface area (Å²) in [5, 5.41) is 10.4. The summed E-state index contributed by atoms with van der Waals surface area (Å²) in [5.74, 6) is 0.516. The van der Waals surface area contributed by atoms with Gasteiger partial charge >= 0.3 is 0 Å². The lowest BCUT2D eigenvalue weighted by Gasteiger charge is -2.36. The molecular formula is C28H41NO5. The highest BCUT2D eigenvalue weighted by Crippen LogP contribution is 2.34. The number of nitrogens with one attached hydrogen (secondary N) is 1. The zero-order valence-electron chi connectivity index (χ0n) is 21.5. The van der Waals surface area contributed by atoms with Crippen LogP contribution < -0.4 is 10.2 Å². The molecule has 1 unspecified atom stereocenters. The van der Waals surface area contributed by atoms with Crippen molar-refractivity contribution in [3.05, 3.63) is 59.7 Å². The van der Waals surface area contributed by atoms with E-state index < -0.39 is 11.2 Å². The minimum Gasteiger partial charge on any atom is -0.491 e. The van der Waals surface area contributed by atoms with Crippen molar-refractivity contribution in [1.82, 2.24) is 0 Å². The highest BCUT2D eigenvalue weighted by molar-refractivity contribution is 5.86. The van der Waals surface area contributed by atoms with Crippen molar-refractivity contribution >= 4 is 12.0 Å². The Bertz CT molecular complexity index is 891. The van der Waals surface area contributed by atoms with Gasteiger partial charge in [-0.15, -0.1) is 0 Å². The fourth-order valence-electron chi connectivity index (χ4n) is 3.21. The van der Waals surface area contributed by atoms with Crippen LogP contribution >= 0.6 is 0 Å². The Morgan fingerprint density at radius 1 is 0.971 bits per heavy atom. The fraction of sp³-hybridized carbons (Fsp3) is 0.536. The van der Waals surface area contributed by atoms with Crippen LogP contribution in [0.3, 0.4) is 0 Å². The number of para-hydroxylation sites is 1. The normalized spacial score (nSPS) is 13.9. The quantitative estimate of drug-likeness (QED) is 0.238. The Balaban J connectivity index is 2.13. The predicted molar refractivity (Wildman–Crippen MR) is 136 cm³/mol. The number of rotatable bonds is 15. The minimum absolute atomic E-state index is 0.202. The lowest BCUT2D eigenvalue weighted by Crippen LogP contribution is -2.48. The summed E-state index contributed by atoms with van der Waals surface area (Å²) < 4.78 is 12.3. The first-order chi connectivity index (χ1) is 16.0. The maximum absolute atomic E-state index is 11.7. The molecule has 2 aromatic carbocycles. The maximum Gasteiger partial charge on any atom is 0.152 e. The molecule has 34 heavy (non-hydrogen) atoms. The van der Waals surface area contributed by atoms with Gasteiger partial charge in [0.2, 0.25) is 0 Å². The van der Waals surface area contributed by atoms with Crippen LogP contribution in [0.5, 0.6) is 5.75 Å². The van der Waals surface area contributed by atoms with E-state index in [1.807, 2.05) is 18.2 Å². The number of anilines is 1. The zero-order chi connectivity index (χ0) is 25.2. The molecule has 2 N–H and O–H groups in total. The Labute approximate surface area is 204 Å². The second-order valence-electron chi connectivity index (χ2n) is 10.3. The van der Waals surface area contributed by atoms with E-state index in [0.29, 0.717) is 36.8 Å². The van der Waals surface area contributed by atoms with Crippen molar-refractivity contribution in [2.45, 2.75) is 78.6 Å². The standard InChI is InChI=1S/C28H41NO5/c1-7-8-17-28(6,20-32-19-22-13-10-9-11-14-22)21-33-24-16-12-15-23(18-30)25(24)29-34-27(4,5)26(2,3)31/h9-16,18,29,31H,7-8,17,19-21H2,1-6H3. The largest absolute Gasteiger partial charge is 0.491 e. The number of ether oxygens (including phenoxy) is 2. The molecule has 0 aliphatic carbocycles. The Morgan fingerprint density at radius 3 is 2.29 bits per heavy atom. The smallest absolute Gasteiger partial charge is 0.152 e. The summed E-state index contributed by atoms with van der Waals surface area (Å²) in [5.41, 5.74) is 2.65. The van der Waals surface area contributed by atoms with Crippen LogP contribution in [-0.4, -0.2) is 35.8 Å². The molecule has 2 aromatic rings. The molecule has 2 rings (SSSR count). The Kier molecular flexibility index (Phi) is 10.1. The molecule has 0 saturated heterocycles. The maximum atomic E-state index is 11.7. The number of benzene rings is 2. The molecule has 0 radical (unpaired) electrons. The summed E-state index contributed by atoms with van der Waals surface area (Å²) >= 11 is 0. The van der Waals surface area contributed by atoms with Crippen LogP contribution in [0.2, 0.25) is 0 Å². The van der Waals surface area contributed by atoms with Gasteiger partial charge < -0.3 is 14.6 Å². The van der Waals surface area contributed by atoms with Gasteiger partial charge in [0, 0.05) is 11.0 Å². The van der Waals surface area contributed by atoms with E-state index >= 15 is 0 Å². The molecule has 0 saturated carbocycles. The molecule has 6 heteroatoms. The SMILES string of the molecule is CCCCC(C)(COCc1ccccc1)COc1cccc(C=O)c1NOC(C)(C)C(C)(C)O. The van der Waals surface area contributed by atoms with Gasteiger partial charge in [0.25, 0.3) is 0 Å². The second-order valence-corrected chi connectivity index (χ2v) is 10.3. The van der Waals surface area contributed by atoms with Crippen molar-refractivity contribution in [1.29, 1.82) is 0 Å². The highest BCUT2D eigenvalue weighted by Gasteiger charge is 2.37. The van der Waals surface area contributed by atoms with Gasteiger partial charge in [-0.25, -0.2) is 0 Å². The van der Waals surface area contributed by atoms with Crippen LogP contribution in [0.1, 0.15) is 76.7 Å². The van der Waals surface area contributed by atoms with Gasteiger partial charge in [0.1, 0.15) is 17.0 Å². The molecule has 6 nitrogen and oxygen atoms in total. The molecule has 0 heterocycles. The lowest BCUT2D eigenvalue weighted by molar-refractivity contribution is -0.130. The van der Waals surface area contributed by atoms with Gasteiger partial charge in [-0.05, 0) is 51.8 Å². The molecule has 0 aliphatic heterocycles. The number of aliphatic hydroxyl groups is 1. The van der Waals surface area contributed by atoms with Crippen molar-refractivity contribution < 1.29 is 24.2 Å². The third-order valence-corrected chi connectivity index (χ3v) is 6.34. The van der Waals surface area contributed by atoms with E-state index in [0.717, 1.165) is 31.1 Å². The number of carbonyl (C=O) groups is 1. The molecule has 0 spiro atoms. The summed E-state index contributed by atoms with van der Waals surface area (Å²) in [7, 11) is 0. The van der Waals surface area contributed by atoms with Gasteiger partial charge in [0.05, 0.1) is 25.4 Å². The van der Waals surface area contributed by atoms with Crippen molar-refractivity contribution in [2.75, 3.05) is 18.7 Å². The summed E-state index contributed by atoms with van der Waals surface area (Å²) in [4.78, 5) is 17.5. The van der Waals surface area contributed by atoms with Crippen LogP contribution in [0, 0.1) is 5.41 Å². The van der Waals surface area contributed by atoms with E-state index in [9.17, 15) is 9.90 Å². The van der Waals surface area contributed by atoms with Crippen molar-refractivity contribution in [3.63, 3.8) is 0 Å². The van der Waals surface area contributed by atoms with Gasteiger partial charge in [-0.3, -0.25) is 15.1 Å². The number of hydrogen-bond donors (Lipinski definition) is 2. The van der Waals surface area contributed by atoms with Gasteiger partial charge in [-0.1, -0.05) is 63.1 Å². The fourth-order valence-corrected chi connectivity index (χ4v) is 3.21. The van der Waals surface area contributed by atoms with Crippen LogP contribution in [0.15, 0.2) is 48.5 Å². The molecule has 1 atom stereocenters. The molecule has 0 aliphatic rings. The van der Waals surface area contributed by atoms with E-state index in [1.54, 1.807) is 45.9 Å². The van der Waals surface area contributed by atoms with Crippen LogP contribution in [-0.2, 0) is 16.2 Å². The molecule has 188 valence electrons. The first-order valence-electron chi connectivity index (χ1n) is 12.0. The van der Waals surface area contributed by atoms with Crippen molar-refractivity contribution in [3.8, 4) is 5.75 Å². The highest BCUT2D eigenvalue weighted by atomic mass is 16.7. The molecule has 0 aromatic heterocycles. The van der Waals surface area contributed by atoms with E-state index in [4.69, 9.17) is 14.3 Å². The third kappa shape index (κ3) is 8.12. The number of hydrogen-bond acceptors (Lipinski definition) is 6. The number of carbonyl (C=O) groups excluding carboxylic acids is 1. The second kappa shape index (κ2) is 12.3. The van der Waals surface area contributed by atoms with E-state index in [-0.39, 0.29) is 5.41 Å². The Morgan fingerprint density at radius 2 is 1.68 bits per heavy atom. The molecule has 0 bridgehead atoms. The number of unbranched alkanes of at least 4 members (excludes halogenated alkanes) is 1. The predicted octanol–water partition coefficient (Wildman–Crippen LogP) is 6.18. The molecular weight excluding hydrogens is 430 g/mol. The summed E-state index contributed by atoms with van der Waals surface area (Å²) in [6, 6.07) is 15.4. The first kappa shape index (κ1) is 27.8. The average molecular weight is 472 g/mol. The summed E-state index contributed by atoms with van der Waals surface area (Å²) in [6.45, 7) is 12.8. The van der Waals surface area contributed by atoms with Crippen LogP contribution in [0.4, 0.5) is 5.69 Å². The average Bonchev–Trinajstić information content (AvgIpc) is 2.80. The minimum atomic E-state index is -1.11. The zero-order valence-corrected chi connectivity index (χ0v) is 21.5. The van der Waals surface area contributed by atoms with E-state index in [1.165, 1.54) is 0 Å². The van der Waals surface area contributed by atoms with E-state index in [2.05, 4.69) is 31.5 Å². The Hall–Kier alpha value is -2.41. The summed E-state index contributed by atoms with van der Waals surface area (Å²) in [6.07, 6.45) is 3.87. The third-order valence-electron chi connectivity index (χ3n) is 6.34. The van der Waals surface area contributed by atoms with Gasteiger partial charge in [0.15, 0.2) is 6.29 Å². The topological polar surface area (TPSA) is 77.0 Å². The van der Waals surface area contributed by atoms with Gasteiger partial charge in [-0.2, -0.15) is 0 Å². The molecule has 0 amide bonds. The van der Waals surface area contributed by atoms with Crippen molar-refractivity contribution in [2.24, 2.45) is 5.41 Å². The lowest BCUT2D eigenvalue weighted by atomic mass is 9.86. The monoisotopic (exact) mass is 471 g/mol. The van der Waals surface area contributed by atoms with Crippen LogP contribution in [0.25, 0.3) is 0 Å². The first-order valence-corrected chi connectivity index (χ1v) is 12.0. The number of aldehydes is 1.